The lowest BCUT2D eigenvalue weighted by Crippen LogP contribution is -1.92. The third kappa shape index (κ3) is 2.77. The van der Waals surface area contributed by atoms with Gasteiger partial charge in [-0.1, -0.05) is 11.6 Å². The van der Waals surface area contributed by atoms with Gasteiger partial charge in [-0.2, -0.15) is 0 Å². The van der Waals surface area contributed by atoms with Crippen LogP contribution in [0.4, 0.5) is 0 Å². The van der Waals surface area contributed by atoms with Crippen molar-refractivity contribution in [3.05, 3.63) is 59.1 Å². The van der Waals surface area contributed by atoms with Crippen molar-refractivity contribution >= 4 is 11.6 Å². The summed E-state index contributed by atoms with van der Waals surface area (Å²) in [6.07, 6.45) is 8.99. The molecule has 0 radical (unpaired) electrons. The van der Waals surface area contributed by atoms with Crippen LogP contribution < -0.4 is 0 Å². The zero-order chi connectivity index (χ0) is 10.5. The van der Waals surface area contributed by atoms with E-state index in [9.17, 15) is 0 Å². The van der Waals surface area contributed by atoms with Crippen LogP contribution in [0.2, 0.25) is 5.02 Å². The van der Waals surface area contributed by atoms with Crippen molar-refractivity contribution in [3.8, 4) is 0 Å². The van der Waals surface area contributed by atoms with E-state index in [1.165, 1.54) is 5.56 Å². The van der Waals surface area contributed by atoms with E-state index in [0.717, 1.165) is 23.4 Å². The molecule has 2 nitrogen and oxygen atoms in total. The van der Waals surface area contributed by atoms with Gasteiger partial charge < -0.3 is 0 Å². The van der Waals surface area contributed by atoms with E-state index >= 15 is 0 Å². The summed E-state index contributed by atoms with van der Waals surface area (Å²) in [5, 5.41) is 0.742. The normalized spacial score (nSPS) is 10.2. The van der Waals surface area contributed by atoms with Crippen LogP contribution in [0, 0.1) is 0 Å². The molecule has 0 aromatic carbocycles. The maximum atomic E-state index is 6.02. The van der Waals surface area contributed by atoms with Crippen molar-refractivity contribution in [2.75, 3.05) is 0 Å². The smallest absolute Gasteiger partial charge is 0.0621 e. The number of pyridine rings is 2. The SMILES string of the molecule is Clc1cnccc1CCc1ccncc1. The van der Waals surface area contributed by atoms with Crippen LogP contribution in [0.5, 0.6) is 0 Å². The van der Waals surface area contributed by atoms with Crippen LogP contribution in [-0.2, 0) is 12.8 Å². The lowest BCUT2D eigenvalue weighted by atomic mass is 10.1. The Balaban J connectivity index is 2.03. The number of aryl methyl sites for hydroxylation is 2. The molecule has 2 heterocycles. The molecule has 15 heavy (non-hydrogen) atoms. The summed E-state index contributed by atoms with van der Waals surface area (Å²) in [4.78, 5) is 7.94. The van der Waals surface area contributed by atoms with Gasteiger partial charge in [0.2, 0.25) is 0 Å². The number of hydrogen-bond donors (Lipinski definition) is 0. The lowest BCUT2D eigenvalue weighted by molar-refractivity contribution is 0.951. The van der Waals surface area contributed by atoms with Gasteiger partial charge in [-0.3, -0.25) is 9.97 Å². The predicted octanol–water partition coefficient (Wildman–Crippen LogP) is 2.92. The fraction of sp³-hybridized carbons (Fsp3) is 0.167. The molecule has 0 aliphatic carbocycles. The zero-order valence-corrected chi connectivity index (χ0v) is 8.98. The van der Waals surface area contributed by atoms with E-state index in [1.807, 2.05) is 30.6 Å². The standard InChI is InChI=1S/C12H11ClN2/c13-12-9-15-8-5-11(12)2-1-10-3-6-14-7-4-10/h3-9H,1-2H2. The van der Waals surface area contributed by atoms with E-state index in [0.29, 0.717) is 0 Å². The summed E-state index contributed by atoms with van der Waals surface area (Å²) in [7, 11) is 0. The maximum absolute atomic E-state index is 6.02. The van der Waals surface area contributed by atoms with Gasteiger partial charge in [0, 0.05) is 24.8 Å². The molecule has 0 aliphatic rings. The molecule has 0 amide bonds. The number of nitrogens with zero attached hydrogens (tertiary/aromatic N) is 2. The molecule has 0 aliphatic heterocycles. The summed E-state index contributed by atoms with van der Waals surface area (Å²) in [6.45, 7) is 0. The van der Waals surface area contributed by atoms with Crippen molar-refractivity contribution in [3.63, 3.8) is 0 Å². The van der Waals surface area contributed by atoms with Gasteiger partial charge in [0.25, 0.3) is 0 Å². The number of halogens is 1. The van der Waals surface area contributed by atoms with Crippen molar-refractivity contribution in [2.45, 2.75) is 12.8 Å². The van der Waals surface area contributed by atoms with Crippen molar-refractivity contribution < 1.29 is 0 Å². The molecule has 0 saturated carbocycles. The number of aromatic nitrogens is 2. The highest BCUT2D eigenvalue weighted by Gasteiger charge is 1.99. The Morgan fingerprint density at radius 2 is 1.67 bits per heavy atom. The van der Waals surface area contributed by atoms with Crippen LogP contribution in [0.3, 0.4) is 0 Å². The molecule has 2 rings (SSSR count). The topological polar surface area (TPSA) is 25.8 Å². The zero-order valence-electron chi connectivity index (χ0n) is 8.23. The molecule has 3 heteroatoms. The van der Waals surface area contributed by atoms with Crippen LogP contribution >= 0.6 is 11.6 Å². The second-order valence-electron chi connectivity index (χ2n) is 3.32. The van der Waals surface area contributed by atoms with Gasteiger partial charge in [-0.25, -0.2) is 0 Å². The molecule has 2 aromatic rings. The Morgan fingerprint density at radius 3 is 2.40 bits per heavy atom. The van der Waals surface area contributed by atoms with E-state index in [4.69, 9.17) is 11.6 Å². The number of rotatable bonds is 3. The highest BCUT2D eigenvalue weighted by molar-refractivity contribution is 6.31. The largest absolute Gasteiger partial charge is 0.265 e. The Bertz CT molecular complexity index is 429. The van der Waals surface area contributed by atoms with E-state index in [2.05, 4.69) is 9.97 Å². The second-order valence-corrected chi connectivity index (χ2v) is 3.73. The van der Waals surface area contributed by atoms with E-state index in [1.54, 1.807) is 12.4 Å². The second kappa shape index (κ2) is 4.89. The van der Waals surface area contributed by atoms with Gasteiger partial charge in [0.15, 0.2) is 0 Å². The molecule has 0 saturated heterocycles. The van der Waals surface area contributed by atoms with Crippen molar-refractivity contribution in [1.29, 1.82) is 0 Å². The summed E-state index contributed by atoms with van der Waals surface area (Å²) >= 11 is 6.02. The minimum absolute atomic E-state index is 0.742. The molecule has 76 valence electrons. The molecule has 2 aromatic heterocycles. The molecule has 0 spiro atoms. The Labute approximate surface area is 94.0 Å². The third-order valence-electron chi connectivity index (χ3n) is 2.29. The fourth-order valence-electron chi connectivity index (χ4n) is 1.44. The van der Waals surface area contributed by atoms with Crippen LogP contribution in [0.25, 0.3) is 0 Å². The third-order valence-corrected chi connectivity index (χ3v) is 2.63. The first kappa shape index (κ1) is 10.1. The minimum Gasteiger partial charge on any atom is -0.265 e. The summed E-state index contributed by atoms with van der Waals surface area (Å²) in [5.74, 6) is 0. The van der Waals surface area contributed by atoms with Gasteiger partial charge in [0.05, 0.1) is 5.02 Å². The first-order valence-electron chi connectivity index (χ1n) is 4.83. The first-order valence-corrected chi connectivity index (χ1v) is 5.21. The highest BCUT2D eigenvalue weighted by atomic mass is 35.5. The average Bonchev–Trinajstić information content (AvgIpc) is 2.29. The summed E-state index contributed by atoms with van der Waals surface area (Å²) in [6, 6.07) is 6.01. The van der Waals surface area contributed by atoms with Gasteiger partial charge in [-0.05, 0) is 42.2 Å². The van der Waals surface area contributed by atoms with E-state index in [-0.39, 0.29) is 0 Å². The summed E-state index contributed by atoms with van der Waals surface area (Å²) in [5.41, 5.74) is 2.42. The average molecular weight is 219 g/mol. The van der Waals surface area contributed by atoms with Crippen LogP contribution in [0.15, 0.2) is 43.0 Å². The molecular formula is C12H11ClN2. The maximum Gasteiger partial charge on any atom is 0.0621 e. The predicted molar refractivity (Wildman–Crippen MR) is 60.9 cm³/mol. The quantitative estimate of drug-likeness (QED) is 0.792. The van der Waals surface area contributed by atoms with Gasteiger partial charge in [0.1, 0.15) is 0 Å². The molecular weight excluding hydrogens is 208 g/mol. The first-order chi connectivity index (χ1) is 7.36. The molecule has 0 fully saturated rings. The van der Waals surface area contributed by atoms with Gasteiger partial charge in [-0.15, -0.1) is 0 Å². The fourth-order valence-corrected chi connectivity index (χ4v) is 1.65. The molecule has 0 N–H and O–H groups in total. The Kier molecular flexibility index (Phi) is 3.30. The van der Waals surface area contributed by atoms with Crippen LogP contribution in [0.1, 0.15) is 11.1 Å². The summed E-state index contributed by atoms with van der Waals surface area (Å²) < 4.78 is 0. The van der Waals surface area contributed by atoms with Gasteiger partial charge >= 0.3 is 0 Å². The Morgan fingerprint density at radius 1 is 0.933 bits per heavy atom. The van der Waals surface area contributed by atoms with Crippen LogP contribution in [-0.4, -0.2) is 9.97 Å². The highest BCUT2D eigenvalue weighted by Crippen LogP contribution is 2.15. The Hall–Kier alpha value is -1.41. The monoisotopic (exact) mass is 218 g/mol. The van der Waals surface area contributed by atoms with Crippen molar-refractivity contribution in [2.24, 2.45) is 0 Å². The minimum atomic E-state index is 0.742. The lowest BCUT2D eigenvalue weighted by Gasteiger charge is -2.03. The van der Waals surface area contributed by atoms with Crippen molar-refractivity contribution in [1.82, 2.24) is 9.97 Å². The molecule has 0 unspecified atom stereocenters. The molecule has 0 atom stereocenters. The molecule has 0 bridgehead atoms. The number of hydrogen-bond acceptors (Lipinski definition) is 2. The van der Waals surface area contributed by atoms with E-state index < -0.39 is 0 Å².